The molecule has 0 aromatic heterocycles. The zero-order valence-corrected chi connectivity index (χ0v) is 15.5. The topological polar surface area (TPSA) is 43.1 Å². The van der Waals surface area contributed by atoms with E-state index in [9.17, 15) is 10.1 Å². The summed E-state index contributed by atoms with van der Waals surface area (Å²) in [6, 6.07) is 4.98. The Morgan fingerprint density at radius 2 is 1.48 bits per heavy atom. The molecule has 0 radical (unpaired) electrons. The summed E-state index contributed by atoms with van der Waals surface area (Å²) in [5.74, 6) is 6.13. The molecule has 0 saturated heterocycles. The van der Waals surface area contributed by atoms with Crippen molar-refractivity contribution in [1.82, 2.24) is 0 Å². The summed E-state index contributed by atoms with van der Waals surface area (Å²) >= 11 is 0. The molecule has 0 heterocycles. The molecule has 0 aliphatic carbocycles. The molecule has 0 aliphatic heterocycles. The molecule has 21 heavy (non-hydrogen) atoms. The summed E-state index contributed by atoms with van der Waals surface area (Å²) in [5, 5.41) is 11.2. The Bertz CT molecular complexity index is 675. The predicted octanol–water partition coefficient (Wildman–Crippen LogP) is 4.05. The molecule has 5 heteroatoms. The van der Waals surface area contributed by atoms with Crippen LogP contribution in [0.15, 0.2) is 18.2 Å². The largest absolute Gasteiger partial charge is 0.286 e. The number of rotatable bonds is 1. The van der Waals surface area contributed by atoms with Gasteiger partial charge in [0.05, 0.1) is 4.92 Å². The molecular weight excluding hydrogens is 294 g/mol. The van der Waals surface area contributed by atoms with Crippen LogP contribution < -0.4 is 0 Å². The lowest BCUT2D eigenvalue weighted by Crippen LogP contribution is -2.17. The Kier molecular flexibility index (Phi) is 5.17. The highest BCUT2D eigenvalue weighted by Gasteiger charge is 2.16. The molecule has 0 saturated carbocycles. The first-order valence-electron chi connectivity index (χ1n) is 6.83. The Morgan fingerprint density at radius 1 is 0.952 bits per heavy atom. The fraction of sp³-hybridized carbons (Fsp3) is 0.375. The van der Waals surface area contributed by atoms with Gasteiger partial charge in [-0.2, -0.15) is 0 Å². The minimum absolute atomic E-state index is 0.0446. The highest BCUT2D eigenvalue weighted by molar-refractivity contribution is 6.84. The van der Waals surface area contributed by atoms with Crippen molar-refractivity contribution in [3.05, 3.63) is 39.4 Å². The van der Waals surface area contributed by atoms with Gasteiger partial charge in [-0.05, 0) is 6.07 Å². The van der Waals surface area contributed by atoms with E-state index >= 15 is 0 Å². The van der Waals surface area contributed by atoms with Gasteiger partial charge in [0.2, 0.25) is 0 Å². The molecule has 0 N–H and O–H groups in total. The lowest BCUT2D eigenvalue weighted by atomic mass is 10.1. The van der Waals surface area contributed by atoms with Gasteiger partial charge in [0, 0.05) is 11.6 Å². The number of nitrogens with zero attached hydrogens (tertiary/aromatic N) is 1. The van der Waals surface area contributed by atoms with Crippen molar-refractivity contribution in [2.24, 2.45) is 0 Å². The van der Waals surface area contributed by atoms with E-state index in [1.54, 1.807) is 6.07 Å². The Morgan fingerprint density at radius 3 is 1.95 bits per heavy atom. The summed E-state index contributed by atoms with van der Waals surface area (Å²) in [6.07, 6.45) is 0. The third-order valence-electron chi connectivity index (χ3n) is 2.37. The van der Waals surface area contributed by atoms with Crippen molar-refractivity contribution >= 4 is 21.8 Å². The number of hydrogen-bond donors (Lipinski definition) is 0. The summed E-state index contributed by atoms with van der Waals surface area (Å²) in [6.45, 7) is 12.8. The van der Waals surface area contributed by atoms with Crippen molar-refractivity contribution in [1.29, 1.82) is 0 Å². The van der Waals surface area contributed by atoms with Crippen LogP contribution in [-0.2, 0) is 0 Å². The van der Waals surface area contributed by atoms with Gasteiger partial charge in [0.15, 0.2) is 0 Å². The third kappa shape index (κ3) is 5.99. The standard InChI is InChI=1S/C16H21NO2Si2/c1-20(2,3)12-10-14-8-7-9-16(17(18)19)15(14)11-13-21(4,5)6/h7-9H,1-6H3. The highest BCUT2D eigenvalue weighted by atomic mass is 28.3. The van der Waals surface area contributed by atoms with E-state index in [1.165, 1.54) is 6.07 Å². The fourth-order valence-corrected chi connectivity index (χ4v) is 2.44. The first kappa shape index (κ1) is 17.2. The number of nitro benzene ring substituents is 1. The van der Waals surface area contributed by atoms with Crippen molar-refractivity contribution in [3.63, 3.8) is 0 Å². The SMILES string of the molecule is C[Si](C)(C)C#Cc1cccc([N+](=O)[O-])c1C#C[Si](C)(C)C. The van der Waals surface area contributed by atoms with Gasteiger partial charge in [-0.3, -0.25) is 10.1 Å². The molecule has 0 aliphatic rings. The smallest absolute Gasteiger partial charge is 0.258 e. The number of nitro groups is 1. The van der Waals surface area contributed by atoms with E-state index in [2.05, 4.69) is 62.2 Å². The van der Waals surface area contributed by atoms with E-state index in [0.29, 0.717) is 11.1 Å². The predicted molar refractivity (Wildman–Crippen MR) is 93.5 cm³/mol. The van der Waals surface area contributed by atoms with Crippen molar-refractivity contribution in [2.75, 3.05) is 0 Å². The molecule has 0 spiro atoms. The van der Waals surface area contributed by atoms with Gasteiger partial charge < -0.3 is 0 Å². The Labute approximate surface area is 128 Å². The molecule has 110 valence electrons. The van der Waals surface area contributed by atoms with E-state index in [0.717, 1.165) is 0 Å². The van der Waals surface area contributed by atoms with Gasteiger partial charge in [-0.25, -0.2) is 0 Å². The summed E-state index contributed by atoms with van der Waals surface area (Å²) < 4.78 is 0. The summed E-state index contributed by atoms with van der Waals surface area (Å²) in [7, 11) is -3.14. The van der Waals surface area contributed by atoms with Gasteiger partial charge in [0.1, 0.15) is 21.7 Å². The zero-order valence-electron chi connectivity index (χ0n) is 13.5. The van der Waals surface area contributed by atoms with Crippen molar-refractivity contribution < 1.29 is 4.92 Å². The van der Waals surface area contributed by atoms with E-state index in [1.807, 2.05) is 6.07 Å². The second-order valence-electron chi connectivity index (χ2n) is 6.96. The van der Waals surface area contributed by atoms with E-state index in [-0.39, 0.29) is 10.6 Å². The maximum absolute atomic E-state index is 11.2. The molecule has 0 unspecified atom stereocenters. The minimum Gasteiger partial charge on any atom is -0.258 e. The van der Waals surface area contributed by atoms with E-state index < -0.39 is 16.1 Å². The van der Waals surface area contributed by atoms with Crippen LogP contribution in [0.3, 0.4) is 0 Å². The van der Waals surface area contributed by atoms with Crippen LogP contribution in [0.5, 0.6) is 0 Å². The lowest BCUT2D eigenvalue weighted by molar-refractivity contribution is -0.385. The first-order chi connectivity index (χ1) is 9.49. The van der Waals surface area contributed by atoms with Gasteiger partial charge in [-0.15, -0.1) is 11.1 Å². The molecule has 0 atom stereocenters. The van der Waals surface area contributed by atoms with Crippen molar-refractivity contribution in [2.45, 2.75) is 39.3 Å². The molecule has 3 nitrogen and oxygen atoms in total. The van der Waals surface area contributed by atoms with Crippen LogP contribution >= 0.6 is 0 Å². The average molecular weight is 316 g/mol. The zero-order chi connectivity index (χ0) is 16.3. The van der Waals surface area contributed by atoms with Crippen LogP contribution in [0, 0.1) is 33.0 Å². The molecular formula is C16H21NO2Si2. The van der Waals surface area contributed by atoms with Gasteiger partial charge >= 0.3 is 0 Å². The quantitative estimate of drug-likeness (QED) is 0.339. The lowest BCUT2D eigenvalue weighted by Gasteiger charge is -2.06. The third-order valence-corrected chi connectivity index (χ3v) is 4.12. The molecule has 1 aromatic rings. The average Bonchev–Trinajstić information content (AvgIpc) is 2.31. The fourth-order valence-electron chi connectivity index (χ4n) is 1.43. The van der Waals surface area contributed by atoms with Crippen LogP contribution in [0.4, 0.5) is 5.69 Å². The molecule has 1 aromatic carbocycles. The van der Waals surface area contributed by atoms with Crippen LogP contribution in [-0.4, -0.2) is 21.1 Å². The van der Waals surface area contributed by atoms with Gasteiger partial charge in [0.25, 0.3) is 5.69 Å². The molecule has 0 bridgehead atoms. The van der Waals surface area contributed by atoms with Gasteiger partial charge in [-0.1, -0.05) is 57.2 Å². The van der Waals surface area contributed by atoms with Crippen LogP contribution in [0.1, 0.15) is 11.1 Å². The van der Waals surface area contributed by atoms with Crippen LogP contribution in [0.2, 0.25) is 39.3 Å². The van der Waals surface area contributed by atoms with E-state index in [4.69, 9.17) is 0 Å². The maximum atomic E-state index is 11.2. The Hall–Kier alpha value is -1.83. The molecule has 0 fully saturated rings. The van der Waals surface area contributed by atoms with Crippen LogP contribution in [0.25, 0.3) is 0 Å². The Balaban J connectivity index is 3.50. The van der Waals surface area contributed by atoms with Crippen molar-refractivity contribution in [3.8, 4) is 22.9 Å². The minimum atomic E-state index is -1.60. The highest BCUT2D eigenvalue weighted by Crippen LogP contribution is 2.21. The normalized spacial score (nSPS) is 11.0. The second kappa shape index (κ2) is 6.30. The number of benzene rings is 1. The maximum Gasteiger partial charge on any atom is 0.286 e. The monoisotopic (exact) mass is 315 g/mol. The second-order valence-corrected chi connectivity index (χ2v) is 16.5. The number of hydrogen-bond acceptors (Lipinski definition) is 2. The molecule has 0 amide bonds. The first-order valence-corrected chi connectivity index (χ1v) is 13.8. The summed E-state index contributed by atoms with van der Waals surface area (Å²) in [4.78, 5) is 10.8. The molecule has 1 rings (SSSR count). The summed E-state index contributed by atoms with van der Waals surface area (Å²) in [5.41, 5.74) is 7.61.